The van der Waals surface area contributed by atoms with Crippen LogP contribution in [0.2, 0.25) is 0 Å². The average Bonchev–Trinajstić information content (AvgIpc) is 3.07. The van der Waals surface area contributed by atoms with Crippen molar-refractivity contribution < 1.29 is 9.21 Å². The van der Waals surface area contributed by atoms with E-state index in [2.05, 4.69) is 10.3 Å². The third-order valence-electron chi connectivity index (χ3n) is 4.76. The summed E-state index contributed by atoms with van der Waals surface area (Å²) < 4.78 is 7.18. The van der Waals surface area contributed by atoms with Gasteiger partial charge in [-0.05, 0) is 38.0 Å². The number of furan rings is 1. The lowest BCUT2D eigenvalue weighted by Crippen LogP contribution is -2.34. The van der Waals surface area contributed by atoms with E-state index in [1.54, 1.807) is 36.2 Å². The van der Waals surface area contributed by atoms with Crippen LogP contribution < -0.4 is 10.7 Å². The van der Waals surface area contributed by atoms with E-state index in [9.17, 15) is 9.59 Å². The van der Waals surface area contributed by atoms with Gasteiger partial charge in [0.2, 0.25) is 5.43 Å². The van der Waals surface area contributed by atoms with Crippen molar-refractivity contribution in [2.45, 2.75) is 32.2 Å². The van der Waals surface area contributed by atoms with Gasteiger partial charge in [-0.3, -0.25) is 9.59 Å². The molecule has 6 nitrogen and oxygen atoms in total. The van der Waals surface area contributed by atoms with Crippen molar-refractivity contribution >= 4 is 16.9 Å². The molecule has 128 valence electrons. The van der Waals surface area contributed by atoms with Crippen molar-refractivity contribution in [3.63, 3.8) is 0 Å². The highest BCUT2D eigenvalue weighted by atomic mass is 16.3. The van der Waals surface area contributed by atoms with E-state index < -0.39 is 0 Å². The molecule has 0 radical (unpaired) electrons. The maximum Gasteiger partial charge on any atom is 0.257 e. The van der Waals surface area contributed by atoms with Crippen molar-refractivity contribution in [2.24, 2.45) is 7.05 Å². The third kappa shape index (κ3) is 2.63. The lowest BCUT2D eigenvalue weighted by molar-refractivity contribution is 0.0930. The fraction of sp³-hybridized carbons (Fsp3) is 0.316. The maximum atomic E-state index is 12.8. The zero-order valence-corrected chi connectivity index (χ0v) is 14.2. The Hall–Kier alpha value is -2.89. The largest absolute Gasteiger partial charge is 0.469 e. The molecule has 0 aromatic carbocycles. The fourth-order valence-electron chi connectivity index (χ4n) is 3.48. The van der Waals surface area contributed by atoms with Crippen molar-refractivity contribution in [1.82, 2.24) is 14.9 Å². The molecule has 1 aliphatic carbocycles. The Kier molecular flexibility index (Phi) is 3.67. The Bertz CT molecular complexity index is 1030. The van der Waals surface area contributed by atoms with E-state index in [0.29, 0.717) is 11.0 Å². The summed E-state index contributed by atoms with van der Waals surface area (Å²) in [6.07, 6.45) is 5.89. The number of pyridine rings is 2. The van der Waals surface area contributed by atoms with Gasteiger partial charge < -0.3 is 14.3 Å². The number of hydrogen-bond donors (Lipinski definition) is 1. The van der Waals surface area contributed by atoms with Crippen molar-refractivity contribution in [2.75, 3.05) is 0 Å². The molecule has 1 aliphatic rings. The molecule has 1 atom stereocenters. The topological polar surface area (TPSA) is 77.1 Å². The smallest absolute Gasteiger partial charge is 0.257 e. The summed E-state index contributed by atoms with van der Waals surface area (Å²) in [6.45, 7) is 1.87. The second kappa shape index (κ2) is 5.88. The molecule has 6 heteroatoms. The summed E-state index contributed by atoms with van der Waals surface area (Å²) >= 11 is 0. The zero-order chi connectivity index (χ0) is 17.6. The summed E-state index contributed by atoms with van der Waals surface area (Å²) in [5.41, 5.74) is 2.26. The van der Waals surface area contributed by atoms with Gasteiger partial charge in [0.05, 0.1) is 17.7 Å². The first-order valence-corrected chi connectivity index (χ1v) is 8.38. The Labute approximate surface area is 144 Å². The minimum Gasteiger partial charge on any atom is -0.469 e. The van der Waals surface area contributed by atoms with Gasteiger partial charge in [0, 0.05) is 30.9 Å². The van der Waals surface area contributed by atoms with Gasteiger partial charge in [-0.25, -0.2) is 4.98 Å². The van der Waals surface area contributed by atoms with E-state index >= 15 is 0 Å². The Morgan fingerprint density at radius 2 is 2.20 bits per heavy atom. The van der Waals surface area contributed by atoms with E-state index in [-0.39, 0.29) is 22.9 Å². The highest BCUT2D eigenvalue weighted by Gasteiger charge is 2.25. The van der Waals surface area contributed by atoms with Crippen molar-refractivity contribution in [3.8, 4) is 0 Å². The van der Waals surface area contributed by atoms with Crippen LogP contribution in [0.3, 0.4) is 0 Å². The standard InChI is InChI=1S/C19H19N3O3/c1-11-6-7-13-17(23)14(10-22(2)18(13)20-11)19(24)21-15-4-3-5-16-12(15)8-9-25-16/h6-10,15H,3-5H2,1-2H3,(H,21,24). The summed E-state index contributed by atoms with van der Waals surface area (Å²) in [6, 6.07) is 5.28. The van der Waals surface area contributed by atoms with Gasteiger partial charge >= 0.3 is 0 Å². The molecule has 25 heavy (non-hydrogen) atoms. The number of carbonyl (C=O) groups excluding carboxylic acids is 1. The van der Waals surface area contributed by atoms with Crippen LogP contribution in [0.15, 0.2) is 39.9 Å². The number of nitrogens with one attached hydrogen (secondary N) is 1. The molecule has 0 bridgehead atoms. The summed E-state index contributed by atoms with van der Waals surface area (Å²) in [5, 5.41) is 3.44. The maximum absolute atomic E-state index is 12.8. The highest BCUT2D eigenvalue weighted by molar-refractivity contribution is 5.97. The number of nitrogens with zero attached hydrogens (tertiary/aromatic N) is 2. The molecule has 0 fully saturated rings. The normalized spacial score (nSPS) is 16.6. The second-order valence-corrected chi connectivity index (χ2v) is 6.52. The molecule has 1 unspecified atom stereocenters. The molecule has 1 amide bonds. The lowest BCUT2D eigenvalue weighted by Gasteiger charge is -2.22. The molecule has 3 heterocycles. The van der Waals surface area contributed by atoms with Crippen LogP contribution in [-0.2, 0) is 13.5 Å². The highest BCUT2D eigenvalue weighted by Crippen LogP contribution is 2.30. The number of amides is 1. The second-order valence-electron chi connectivity index (χ2n) is 6.52. The zero-order valence-electron chi connectivity index (χ0n) is 14.2. The number of aryl methyl sites for hydroxylation is 3. The predicted octanol–water partition coefficient (Wildman–Crippen LogP) is 2.64. The first-order valence-electron chi connectivity index (χ1n) is 8.38. The van der Waals surface area contributed by atoms with Crippen molar-refractivity contribution in [3.05, 3.63) is 63.5 Å². The van der Waals surface area contributed by atoms with Crippen LogP contribution in [0.5, 0.6) is 0 Å². The Morgan fingerprint density at radius 1 is 1.36 bits per heavy atom. The SMILES string of the molecule is Cc1ccc2c(=O)c(C(=O)NC3CCCc4occc43)cn(C)c2n1. The molecule has 0 spiro atoms. The molecule has 0 saturated carbocycles. The number of carbonyl (C=O) groups is 1. The van der Waals surface area contributed by atoms with Crippen LogP contribution in [0.1, 0.15) is 46.3 Å². The number of hydrogen-bond acceptors (Lipinski definition) is 4. The fourth-order valence-corrected chi connectivity index (χ4v) is 3.48. The van der Waals surface area contributed by atoms with Crippen LogP contribution in [0.4, 0.5) is 0 Å². The van der Waals surface area contributed by atoms with E-state index in [1.807, 2.05) is 13.0 Å². The third-order valence-corrected chi connectivity index (χ3v) is 4.76. The molecule has 0 saturated heterocycles. The molecule has 1 N–H and O–H groups in total. The van der Waals surface area contributed by atoms with Crippen LogP contribution in [0.25, 0.3) is 11.0 Å². The number of rotatable bonds is 2. The number of fused-ring (bicyclic) bond motifs is 2. The monoisotopic (exact) mass is 337 g/mol. The van der Waals surface area contributed by atoms with Gasteiger partial charge in [0.1, 0.15) is 17.0 Å². The summed E-state index contributed by atoms with van der Waals surface area (Å²) in [4.78, 5) is 29.9. The average molecular weight is 337 g/mol. The molecular formula is C19H19N3O3. The van der Waals surface area contributed by atoms with E-state index in [1.165, 1.54) is 0 Å². The minimum absolute atomic E-state index is 0.119. The molecular weight excluding hydrogens is 318 g/mol. The molecule has 3 aromatic heterocycles. The van der Waals surface area contributed by atoms with Crippen LogP contribution in [-0.4, -0.2) is 15.5 Å². The first-order chi connectivity index (χ1) is 12.0. The van der Waals surface area contributed by atoms with E-state index in [0.717, 1.165) is 36.3 Å². The Balaban J connectivity index is 1.71. The summed E-state index contributed by atoms with van der Waals surface area (Å²) in [7, 11) is 1.79. The first kappa shape index (κ1) is 15.6. The van der Waals surface area contributed by atoms with Crippen LogP contribution in [0, 0.1) is 6.92 Å². The lowest BCUT2D eigenvalue weighted by atomic mass is 9.93. The van der Waals surface area contributed by atoms with Crippen molar-refractivity contribution in [1.29, 1.82) is 0 Å². The predicted molar refractivity (Wildman–Crippen MR) is 93.6 cm³/mol. The molecule has 4 rings (SSSR count). The Morgan fingerprint density at radius 3 is 3.04 bits per heavy atom. The van der Waals surface area contributed by atoms with Gasteiger partial charge in [-0.1, -0.05) is 0 Å². The summed E-state index contributed by atoms with van der Waals surface area (Å²) in [5.74, 6) is 0.560. The minimum atomic E-state index is -0.359. The van der Waals surface area contributed by atoms with Gasteiger partial charge in [-0.15, -0.1) is 0 Å². The van der Waals surface area contributed by atoms with Gasteiger partial charge in [0.25, 0.3) is 5.91 Å². The molecule has 3 aromatic rings. The quantitative estimate of drug-likeness (QED) is 0.780. The molecule has 0 aliphatic heterocycles. The van der Waals surface area contributed by atoms with Crippen LogP contribution >= 0.6 is 0 Å². The van der Waals surface area contributed by atoms with Gasteiger partial charge in [-0.2, -0.15) is 0 Å². The van der Waals surface area contributed by atoms with Gasteiger partial charge in [0.15, 0.2) is 0 Å². The number of aromatic nitrogens is 2. The van der Waals surface area contributed by atoms with E-state index in [4.69, 9.17) is 4.42 Å².